The molecule has 0 radical (unpaired) electrons. The number of alkyl halides is 3. The number of nitrogens with zero attached hydrogens (tertiary/aromatic N) is 2. The van der Waals surface area contributed by atoms with Crippen molar-refractivity contribution in [3.8, 4) is 0 Å². The quantitative estimate of drug-likeness (QED) is 0.849. The summed E-state index contributed by atoms with van der Waals surface area (Å²) in [6, 6.07) is 0.519. The van der Waals surface area contributed by atoms with Gasteiger partial charge in [-0.15, -0.1) is 0 Å². The van der Waals surface area contributed by atoms with Crippen LogP contribution in [0.3, 0.4) is 0 Å². The molecule has 1 N–H and O–H groups in total. The standard InChI is InChI=1S/C17H27F3N2O2/c1-12-2-4-13(5-3-12)22(14-6-7-14)15(23)10-21-9-8-16(24,11-21)17(18,19)20/h12-14,24H,2-11H2,1H3/t12?,13?,16-/m1/s1. The molecule has 7 heteroatoms. The van der Waals surface area contributed by atoms with Gasteiger partial charge in [-0.05, 0) is 50.9 Å². The van der Waals surface area contributed by atoms with E-state index in [0.29, 0.717) is 5.92 Å². The number of hydrogen-bond donors (Lipinski definition) is 1. The van der Waals surface area contributed by atoms with E-state index in [1.165, 1.54) is 4.90 Å². The summed E-state index contributed by atoms with van der Waals surface area (Å²) < 4.78 is 38.7. The highest BCUT2D eigenvalue weighted by molar-refractivity contribution is 5.79. The van der Waals surface area contributed by atoms with Gasteiger partial charge in [0.05, 0.1) is 6.54 Å². The van der Waals surface area contributed by atoms with Gasteiger partial charge in [0.15, 0.2) is 5.60 Å². The molecule has 0 aromatic rings. The van der Waals surface area contributed by atoms with Crippen LogP contribution in [-0.4, -0.2) is 64.3 Å². The number of β-amino-alcohol motifs (C(OH)–C–C–N with tert-alkyl or cyclic N) is 1. The first-order chi connectivity index (χ1) is 11.2. The molecule has 2 saturated carbocycles. The zero-order valence-corrected chi connectivity index (χ0v) is 14.2. The van der Waals surface area contributed by atoms with E-state index in [4.69, 9.17) is 0 Å². The number of carbonyl (C=O) groups excluding carboxylic acids is 1. The summed E-state index contributed by atoms with van der Waals surface area (Å²) in [5, 5.41) is 9.76. The second kappa shape index (κ2) is 6.48. The number of hydrogen-bond acceptors (Lipinski definition) is 3. The monoisotopic (exact) mass is 348 g/mol. The Balaban J connectivity index is 1.59. The summed E-state index contributed by atoms with van der Waals surface area (Å²) >= 11 is 0. The molecule has 1 aliphatic heterocycles. The number of amides is 1. The predicted molar refractivity (Wildman–Crippen MR) is 83.3 cm³/mol. The SMILES string of the molecule is CC1CCC(N(C(=O)CN2CC[C@](O)(C(F)(F)F)C2)C2CC2)CC1. The first kappa shape index (κ1) is 18.0. The maximum absolute atomic E-state index is 12.9. The Morgan fingerprint density at radius 3 is 2.17 bits per heavy atom. The van der Waals surface area contributed by atoms with E-state index in [2.05, 4.69) is 6.92 Å². The lowest BCUT2D eigenvalue weighted by Crippen LogP contribution is -2.50. The van der Waals surface area contributed by atoms with Gasteiger partial charge in [-0.25, -0.2) is 0 Å². The third kappa shape index (κ3) is 3.72. The minimum atomic E-state index is -4.64. The van der Waals surface area contributed by atoms with E-state index < -0.39 is 18.3 Å². The van der Waals surface area contributed by atoms with Crippen LogP contribution in [-0.2, 0) is 4.79 Å². The molecule has 1 heterocycles. The molecule has 1 atom stereocenters. The van der Waals surface area contributed by atoms with Crippen LogP contribution in [0.2, 0.25) is 0 Å². The molecular formula is C17H27F3N2O2. The van der Waals surface area contributed by atoms with Gasteiger partial charge in [0.2, 0.25) is 5.91 Å². The fourth-order valence-electron chi connectivity index (χ4n) is 4.09. The number of halogens is 3. The lowest BCUT2D eigenvalue weighted by molar-refractivity contribution is -0.253. The molecule has 3 rings (SSSR count). The lowest BCUT2D eigenvalue weighted by Gasteiger charge is -2.37. The van der Waals surface area contributed by atoms with Gasteiger partial charge < -0.3 is 10.0 Å². The molecule has 0 spiro atoms. The molecule has 0 bridgehead atoms. The molecule has 4 nitrogen and oxygen atoms in total. The molecule has 138 valence electrons. The number of rotatable bonds is 4. The number of aliphatic hydroxyl groups is 1. The van der Waals surface area contributed by atoms with Crippen LogP contribution < -0.4 is 0 Å². The summed E-state index contributed by atoms with van der Waals surface area (Å²) in [5.74, 6) is 0.626. The fourth-order valence-corrected chi connectivity index (χ4v) is 4.09. The van der Waals surface area contributed by atoms with Crippen molar-refractivity contribution < 1.29 is 23.1 Å². The van der Waals surface area contributed by atoms with Crippen LogP contribution in [0.4, 0.5) is 13.2 Å². The Labute approximate surface area is 141 Å². The maximum atomic E-state index is 12.9. The average Bonchev–Trinajstić information content (AvgIpc) is 3.24. The summed E-state index contributed by atoms with van der Waals surface area (Å²) in [4.78, 5) is 16.2. The molecule has 3 aliphatic rings. The van der Waals surface area contributed by atoms with Gasteiger partial charge in [-0.1, -0.05) is 6.92 Å². The Hall–Kier alpha value is -0.820. The van der Waals surface area contributed by atoms with Crippen molar-refractivity contribution in [3.05, 3.63) is 0 Å². The molecule has 1 amide bonds. The molecule has 2 aliphatic carbocycles. The topological polar surface area (TPSA) is 43.8 Å². The first-order valence-corrected chi connectivity index (χ1v) is 9.02. The molecule has 0 unspecified atom stereocenters. The van der Waals surface area contributed by atoms with Crippen LogP contribution in [0.5, 0.6) is 0 Å². The van der Waals surface area contributed by atoms with E-state index in [1.54, 1.807) is 0 Å². The van der Waals surface area contributed by atoms with E-state index in [0.717, 1.165) is 38.5 Å². The highest BCUT2D eigenvalue weighted by Crippen LogP contribution is 2.38. The highest BCUT2D eigenvalue weighted by Gasteiger charge is 2.57. The van der Waals surface area contributed by atoms with Gasteiger partial charge in [0.1, 0.15) is 0 Å². The van der Waals surface area contributed by atoms with Crippen LogP contribution >= 0.6 is 0 Å². The molecule has 3 fully saturated rings. The van der Waals surface area contributed by atoms with Gasteiger partial charge >= 0.3 is 6.18 Å². The van der Waals surface area contributed by atoms with Crippen molar-refractivity contribution >= 4 is 5.91 Å². The maximum Gasteiger partial charge on any atom is 0.418 e. The second-order valence-electron chi connectivity index (χ2n) is 7.94. The van der Waals surface area contributed by atoms with Crippen molar-refractivity contribution in [2.75, 3.05) is 19.6 Å². The molecule has 0 aromatic carbocycles. The van der Waals surface area contributed by atoms with Crippen molar-refractivity contribution in [2.45, 2.75) is 75.7 Å². The second-order valence-corrected chi connectivity index (χ2v) is 7.94. The van der Waals surface area contributed by atoms with Crippen LogP contribution in [0.1, 0.15) is 51.9 Å². The minimum absolute atomic E-state index is 0.0130. The van der Waals surface area contributed by atoms with Crippen molar-refractivity contribution in [1.29, 1.82) is 0 Å². The Morgan fingerprint density at radius 1 is 1.17 bits per heavy atom. The van der Waals surface area contributed by atoms with Crippen LogP contribution in [0, 0.1) is 5.92 Å². The smallest absolute Gasteiger partial charge is 0.379 e. The highest BCUT2D eigenvalue weighted by atomic mass is 19.4. The van der Waals surface area contributed by atoms with E-state index in [-0.39, 0.29) is 37.5 Å². The molecule has 1 saturated heterocycles. The fraction of sp³-hybridized carbons (Fsp3) is 0.941. The van der Waals surface area contributed by atoms with Crippen molar-refractivity contribution in [2.24, 2.45) is 5.92 Å². The molecule has 24 heavy (non-hydrogen) atoms. The minimum Gasteiger partial charge on any atom is -0.379 e. The first-order valence-electron chi connectivity index (χ1n) is 9.02. The lowest BCUT2D eigenvalue weighted by atomic mass is 9.86. The Kier molecular flexibility index (Phi) is 4.86. The Morgan fingerprint density at radius 2 is 1.71 bits per heavy atom. The predicted octanol–water partition coefficient (Wildman–Crippen LogP) is 2.56. The largest absolute Gasteiger partial charge is 0.418 e. The van der Waals surface area contributed by atoms with E-state index >= 15 is 0 Å². The van der Waals surface area contributed by atoms with E-state index in [9.17, 15) is 23.1 Å². The van der Waals surface area contributed by atoms with Gasteiger partial charge in [0.25, 0.3) is 0 Å². The number of likely N-dealkylation sites (tertiary alicyclic amines) is 1. The zero-order chi connectivity index (χ0) is 17.5. The summed E-state index contributed by atoms with van der Waals surface area (Å²) in [7, 11) is 0. The van der Waals surface area contributed by atoms with E-state index in [1.807, 2.05) is 4.90 Å². The normalized spacial score (nSPS) is 35.2. The van der Waals surface area contributed by atoms with Crippen LogP contribution in [0.25, 0.3) is 0 Å². The van der Waals surface area contributed by atoms with Gasteiger partial charge in [-0.2, -0.15) is 13.2 Å². The molecule has 0 aromatic heterocycles. The van der Waals surface area contributed by atoms with Crippen molar-refractivity contribution in [3.63, 3.8) is 0 Å². The summed E-state index contributed by atoms with van der Waals surface area (Å²) in [6.07, 6.45) is 1.23. The summed E-state index contributed by atoms with van der Waals surface area (Å²) in [6.45, 7) is 1.83. The number of carbonyl (C=O) groups is 1. The third-order valence-electron chi connectivity index (χ3n) is 5.82. The third-order valence-corrected chi connectivity index (χ3v) is 5.82. The molecular weight excluding hydrogens is 321 g/mol. The van der Waals surface area contributed by atoms with Crippen LogP contribution in [0.15, 0.2) is 0 Å². The van der Waals surface area contributed by atoms with Gasteiger partial charge in [-0.3, -0.25) is 9.69 Å². The zero-order valence-electron chi connectivity index (χ0n) is 14.2. The van der Waals surface area contributed by atoms with Gasteiger partial charge in [0, 0.05) is 25.2 Å². The summed E-state index contributed by atoms with van der Waals surface area (Å²) in [5.41, 5.74) is -2.67. The average molecular weight is 348 g/mol. The van der Waals surface area contributed by atoms with Crippen molar-refractivity contribution in [1.82, 2.24) is 9.80 Å². The Bertz CT molecular complexity index is 473.